The Kier molecular flexibility index (Phi) is 5.76. The second kappa shape index (κ2) is 7.09. The third-order valence-corrected chi connectivity index (χ3v) is 2.97. The van der Waals surface area contributed by atoms with Gasteiger partial charge in [0.25, 0.3) is 0 Å². The molecule has 0 aliphatic rings. The van der Waals surface area contributed by atoms with Gasteiger partial charge >= 0.3 is 0 Å². The van der Waals surface area contributed by atoms with Crippen molar-refractivity contribution in [3.63, 3.8) is 0 Å². The van der Waals surface area contributed by atoms with E-state index in [2.05, 4.69) is 5.32 Å². The topological polar surface area (TPSA) is 64.4 Å². The zero-order chi connectivity index (χ0) is 14.4. The Labute approximate surface area is 113 Å². The molecule has 0 saturated heterocycles. The summed E-state index contributed by atoms with van der Waals surface area (Å²) in [5, 5.41) is 2.77. The van der Waals surface area contributed by atoms with Gasteiger partial charge in [-0.05, 0) is 31.0 Å². The van der Waals surface area contributed by atoms with Crippen LogP contribution in [0.25, 0.3) is 0 Å². The van der Waals surface area contributed by atoms with Gasteiger partial charge in [0.2, 0.25) is 5.91 Å². The van der Waals surface area contributed by atoms with E-state index in [9.17, 15) is 9.18 Å². The van der Waals surface area contributed by atoms with Crippen LogP contribution < -0.4 is 15.8 Å². The lowest BCUT2D eigenvalue weighted by Gasteiger charge is -2.18. The lowest BCUT2D eigenvalue weighted by Crippen LogP contribution is -2.41. The number of rotatable bonds is 6. The van der Waals surface area contributed by atoms with Gasteiger partial charge in [0.1, 0.15) is 0 Å². The molecule has 1 aromatic carbocycles. The number of hydrogen-bond acceptors (Lipinski definition) is 3. The normalized spacial score (nSPS) is 13.7. The lowest BCUT2D eigenvalue weighted by molar-refractivity contribution is -0.123. The molecule has 0 saturated carbocycles. The summed E-state index contributed by atoms with van der Waals surface area (Å²) in [4.78, 5) is 11.8. The van der Waals surface area contributed by atoms with Crippen LogP contribution in [0.5, 0.6) is 5.75 Å². The summed E-state index contributed by atoms with van der Waals surface area (Å²) in [7, 11) is 1.41. The highest BCUT2D eigenvalue weighted by Crippen LogP contribution is 2.21. The standard InChI is InChI=1S/C14H21FN2O2/c1-4-5-12(16)14(18)17-9(2)10-6-7-13(19-3)11(15)8-10/h6-9,12H,4-5,16H2,1-3H3,(H,17,18)/t9?,12-/m1/s1. The number of nitrogens with two attached hydrogens (primary N) is 1. The number of halogens is 1. The van der Waals surface area contributed by atoms with Gasteiger partial charge < -0.3 is 15.8 Å². The number of methoxy groups -OCH3 is 1. The SMILES string of the molecule is CCC[C@@H](N)C(=O)NC(C)c1ccc(OC)c(F)c1. The molecule has 4 nitrogen and oxygen atoms in total. The molecular weight excluding hydrogens is 247 g/mol. The summed E-state index contributed by atoms with van der Waals surface area (Å²) in [5.41, 5.74) is 6.40. The van der Waals surface area contributed by atoms with Crippen LogP contribution in [0.2, 0.25) is 0 Å². The van der Waals surface area contributed by atoms with E-state index in [1.165, 1.54) is 13.2 Å². The van der Waals surface area contributed by atoms with Crippen molar-refractivity contribution in [1.82, 2.24) is 5.32 Å². The van der Waals surface area contributed by atoms with Gasteiger partial charge in [-0.1, -0.05) is 19.4 Å². The Hall–Kier alpha value is -1.62. The largest absolute Gasteiger partial charge is 0.494 e. The van der Waals surface area contributed by atoms with E-state index in [1.807, 2.05) is 6.92 Å². The summed E-state index contributed by atoms with van der Waals surface area (Å²) >= 11 is 0. The first-order valence-corrected chi connectivity index (χ1v) is 6.39. The van der Waals surface area contributed by atoms with Crippen LogP contribution in [0, 0.1) is 5.82 Å². The van der Waals surface area contributed by atoms with E-state index in [-0.39, 0.29) is 17.7 Å². The molecule has 0 heterocycles. The molecule has 0 bridgehead atoms. The van der Waals surface area contributed by atoms with Gasteiger partial charge in [0, 0.05) is 0 Å². The molecule has 1 amide bonds. The molecule has 2 atom stereocenters. The molecule has 0 aliphatic heterocycles. The number of amides is 1. The second-order valence-electron chi connectivity index (χ2n) is 4.52. The quantitative estimate of drug-likeness (QED) is 0.830. The third kappa shape index (κ3) is 4.21. The number of carbonyl (C=O) groups excluding carboxylic acids is 1. The predicted molar refractivity (Wildman–Crippen MR) is 72.4 cm³/mol. The van der Waals surface area contributed by atoms with Crippen molar-refractivity contribution in [1.29, 1.82) is 0 Å². The van der Waals surface area contributed by atoms with Crippen molar-refractivity contribution >= 4 is 5.91 Å². The Bertz CT molecular complexity index is 437. The maximum atomic E-state index is 13.6. The molecule has 0 spiro atoms. The maximum absolute atomic E-state index is 13.6. The molecule has 5 heteroatoms. The summed E-state index contributed by atoms with van der Waals surface area (Å²) in [5.74, 6) is -0.477. The fourth-order valence-corrected chi connectivity index (χ4v) is 1.80. The van der Waals surface area contributed by atoms with Crippen molar-refractivity contribution in [2.75, 3.05) is 7.11 Å². The summed E-state index contributed by atoms with van der Waals surface area (Å²) in [6.45, 7) is 3.76. The first-order valence-electron chi connectivity index (χ1n) is 6.39. The van der Waals surface area contributed by atoms with Gasteiger partial charge in [-0.25, -0.2) is 4.39 Å². The molecule has 19 heavy (non-hydrogen) atoms. The van der Waals surface area contributed by atoms with Crippen molar-refractivity contribution in [2.45, 2.75) is 38.8 Å². The third-order valence-electron chi connectivity index (χ3n) is 2.97. The van der Waals surface area contributed by atoms with Crippen molar-refractivity contribution < 1.29 is 13.9 Å². The van der Waals surface area contributed by atoms with E-state index in [1.54, 1.807) is 19.1 Å². The summed E-state index contributed by atoms with van der Waals surface area (Å²) in [6, 6.07) is 3.80. The van der Waals surface area contributed by atoms with Crippen LogP contribution in [0.4, 0.5) is 4.39 Å². The highest BCUT2D eigenvalue weighted by Gasteiger charge is 2.16. The molecule has 3 N–H and O–H groups in total. The van der Waals surface area contributed by atoms with Gasteiger partial charge in [0.15, 0.2) is 11.6 Å². The minimum absolute atomic E-state index is 0.185. The molecule has 1 aromatic rings. The van der Waals surface area contributed by atoms with E-state index in [0.29, 0.717) is 12.0 Å². The van der Waals surface area contributed by atoms with Crippen molar-refractivity contribution in [2.24, 2.45) is 5.73 Å². The smallest absolute Gasteiger partial charge is 0.237 e. The molecule has 1 unspecified atom stereocenters. The second-order valence-corrected chi connectivity index (χ2v) is 4.52. The number of benzene rings is 1. The molecule has 1 rings (SSSR count). The minimum atomic E-state index is -0.518. The van der Waals surface area contributed by atoms with Crippen molar-refractivity contribution in [3.8, 4) is 5.75 Å². The number of hydrogen-bond donors (Lipinski definition) is 2. The lowest BCUT2D eigenvalue weighted by atomic mass is 10.1. The monoisotopic (exact) mass is 268 g/mol. The van der Waals surface area contributed by atoms with E-state index in [4.69, 9.17) is 10.5 Å². The molecular formula is C14H21FN2O2. The minimum Gasteiger partial charge on any atom is -0.494 e. The zero-order valence-corrected chi connectivity index (χ0v) is 11.6. The molecule has 0 aromatic heterocycles. The van der Waals surface area contributed by atoms with Crippen LogP contribution in [0.3, 0.4) is 0 Å². The maximum Gasteiger partial charge on any atom is 0.237 e. The number of ether oxygens (including phenoxy) is 1. The molecule has 0 radical (unpaired) electrons. The fraction of sp³-hybridized carbons (Fsp3) is 0.500. The summed E-state index contributed by atoms with van der Waals surface area (Å²) < 4.78 is 18.4. The highest BCUT2D eigenvalue weighted by molar-refractivity contribution is 5.81. The Balaban J connectivity index is 2.70. The molecule has 106 valence electrons. The molecule has 0 aliphatic carbocycles. The number of nitrogens with one attached hydrogen (secondary N) is 1. The van der Waals surface area contributed by atoms with E-state index >= 15 is 0 Å². The van der Waals surface area contributed by atoms with Gasteiger partial charge in [0.05, 0.1) is 19.2 Å². The Morgan fingerprint density at radius 2 is 2.21 bits per heavy atom. The summed E-state index contributed by atoms with van der Waals surface area (Å²) in [6.07, 6.45) is 1.48. The van der Waals surface area contributed by atoms with Crippen molar-refractivity contribution in [3.05, 3.63) is 29.6 Å². The predicted octanol–water partition coefficient (Wildman–Crippen LogP) is 2.14. The zero-order valence-electron chi connectivity index (χ0n) is 11.6. The van der Waals surface area contributed by atoms with Crippen LogP contribution >= 0.6 is 0 Å². The van der Waals surface area contributed by atoms with Crippen LogP contribution in [0.15, 0.2) is 18.2 Å². The average molecular weight is 268 g/mol. The van der Waals surface area contributed by atoms with Crippen LogP contribution in [0.1, 0.15) is 38.3 Å². The van der Waals surface area contributed by atoms with Crippen LogP contribution in [-0.2, 0) is 4.79 Å². The first-order chi connectivity index (χ1) is 8.99. The van der Waals surface area contributed by atoms with Gasteiger partial charge in [-0.3, -0.25) is 4.79 Å². The first kappa shape index (κ1) is 15.4. The number of carbonyl (C=O) groups is 1. The molecule has 0 fully saturated rings. The van der Waals surface area contributed by atoms with Gasteiger partial charge in [-0.2, -0.15) is 0 Å². The average Bonchev–Trinajstić information content (AvgIpc) is 2.38. The Morgan fingerprint density at radius 1 is 1.53 bits per heavy atom. The van der Waals surface area contributed by atoms with E-state index in [0.717, 1.165) is 6.42 Å². The van der Waals surface area contributed by atoms with Gasteiger partial charge in [-0.15, -0.1) is 0 Å². The highest BCUT2D eigenvalue weighted by atomic mass is 19.1. The van der Waals surface area contributed by atoms with Crippen LogP contribution in [-0.4, -0.2) is 19.1 Å². The fourth-order valence-electron chi connectivity index (χ4n) is 1.80. The van der Waals surface area contributed by atoms with E-state index < -0.39 is 11.9 Å². The Morgan fingerprint density at radius 3 is 2.74 bits per heavy atom.